The van der Waals surface area contributed by atoms with Gasteiger partial charge in [0.15, 0.2) is 0 Å². The van der Waals surface area contributed by atoms with E-state index in [0.717, 1.165) is 44.9 Å². The van der Waals surface area contributed by atoms with Crippen molar-refractivity contribution in [2.45, 2.75) is 12.5 Å². The van der Waals surface area contributed by atoms with Crippen LogP contribution in [0.2, 0.25) is 0 Å². The molecule has 0 N–H and O–H groups in total. The molecule has 1 aromatic heterocycles. The minimum Gasteiger partial charge on any atom is -0.470 e. The van der Waals surface area contributed by atoms with E-state index in [1.54, 1.807) is 0 Å². The fourth-order valence-electron chi connectivity index (χ4n) is 3.86. The van der Waals surface area contributed by atoms with Gasteiger partial charge in [-0.2, -0.15) is 0 Å². The molecule has 3 aromatic carbocycles. The molecule has 4 aromatic rings. The monoisotopic (exact) mass is 362 g/mol. The number of para-hydroxylation sites is 3. The van der Waals surface area contributed by atoms with Gasteiger partial charge in [0, 0.05) is 16.7 Å². The summed E-state index contributed by atoms with van der Waals surface area (Å²) >= 11 is 0. The predicted molar refractivity (Wildman–Crippen MR) is 111 cm³/mol. The van der Waals surface area contributed by atoms with Crippen molar-refractivity contribution in [2.75, 3.05) is 0 Å². The van der Waals surface area contributed by atoms with E-state index in [0.29, 0.717) is 0 Å². The van der Waals surface area contributed by atoms with Gasteiger partial charge >= 0.3 is 0 Å². The normalized spacial score (nSPS) is 17.2. The van der Waals surface area contributed by atoms with Gasteiger partial charge in [-0.15, -0.1) is 5.73 Å². The number of hydrogen-bond acceptors (Lipinski definition) is 3. The Morgan fingerprint density at radius 2 is 1.50 bits per heavy atom. The smallest absolute Gasteiger partial charge is 0.206 e. The summed E-state index contributed by atoms with van der Waals surface area (Å²) in [5, 5.41) is 0. The van der Waals surface area contributed by atoms with Crippen molar-refractivity contribution in [1.82, 2.24) is 9.97 Å². The average molecular weight is 362 g/mol. The lowest BCUT2D eigenvalue weighted by Gasteiger charge is -2.39. The Balaban J connectivity index is 1.96. The zero-order valence-corrected chi connectivity index (χ0v) is 15.5. The number of ether oxygens (including phenoxy) is 1. The summed E-state index contributed by atoms with van der Waals surface area (Å²) in [5.41, 5.74) is 8.20. The van der Waals surface area contributed by atoms with Gasteiger partial charge in [-0.05, 0) is 31.2 Å². The van der Waals surface area contributed by atoms with Crippen molar-refractivity contribution in [3.63, 3.8) is 0 Å². The van der Waals surface area contributed by atoms with Crippen LogP contribution in [0.25, 0.3) is 22.3 Å². The third-order valence-corrected chi connectivity index (χ3v) is 5.28. The maximum Gasteiger partial charge on any atom is 0.206 e. The molecule has 1 aliphatic heterocycles. The highest BCUT2D eigenvalue weighted by atomic mass is 16.5. The maximum absolute atomic E-state index is 6.69. The Morgan fingerprint density at radius 1 is 0.857 bits per heavy atom. The number of rotatable bonds is 2. The third kappa shape index (κ3) is 2.24. The molecule has 0 radical (unpaired) electrons. The van der Waals surface area contributed by atoms with Crippen LogP contribution in [0.5, 0.6) is 5.75 Å². The number of benzene rings is 3. The second kappa shape index (κ2) is 6.19. The quantitative estimate of drug-likeness (QED) is 0.431. The third-order valence-electron chi connectivity index (χ3n) is 5.28. The fourth-order valence-corrected chi connectivity index (χ4v) is 3.86. The Morgan fingerprint density at radius 3 is 2.25 bits per heavy atom. The Bertz CT molecular complexity index is 1260. The lowest BCUT2D eigenvalue weighted by Crippen LogP contribution is -2.40. The van der Waals surface area contributed by atoms with E-state index in [1.807, 2.05) is 73.7 Å². The Hall–Kier alpha value is -3.68. The molecular formula is C25H18N2O. The van der Waals surface area contributed by atoms with Crippen LogP contribution in [0.3, 0.4) is 0 Å². The van der Waals surface area contributed by atoms with Crippen LogP contribution in [-0.2, 0) is 5.60 Å². The number of nitrogens with zero attached hydrogens (tertiary/aromatic N) is 2. The highest BCUT2D eigenvalue weighted by Gasteiger charge is 2.46. The maximum atomic E-state index is 6.69. The van der Waals surface area contributed by atoms with Crippen molar-refractivity contribution in [1.29, 1.82) is 0 Å². The fraction of sp³-hybridized carbons (Fsp3) is 0.0800. The summed E-state index contributed by atoms with van der Waals surface area (Å²) < 4.78 is 6.69. The van der Waals surface area contributed by atoms with E-state index in [4.69, 9.17) is 14.7 Å². The number of aromatic nitrogens is 2. The molecule has 0 aliphatic carbocycles. The minimum atomic E-state index is -0.927. The summed E-state index contributed by atoms with van der Waals surface area (Å²) in [6, 6.07) is 26.0. The molecule has 0 amide bonds. The molecule has 0 spiro atoms. The molecule has 3 heteroatoms. The standard InChI is InChI=1S/C25H18N2O/c1-3-17(2)25(18-11-5-4-6-12-18)24-23(19-13-7-10-16-22(19)28-25)26-20-14-8-9-15-21(20)27-24/h4-16H,1H2,2H3. The zero-order chi connectivity index (χ0) is 19.1. The Kier molecular flexibility index (Phi) is 3.65. The van der Waals surface area contributed by atoms with Gasteiger partial charge in [0.25, 0.3) is 0 Å². The zero-order valence-electron chi connectivity index (χ0n) is 15.5. The minimum absolute atomic E-state index is 0.768. The second-order valence-electron chi connectivity index (χ2n) is 6.86. The highest BCUT2D eigenvalue weighted by molar-refractivity contribution is 5.82. The van der Waals surface area contributed by atoms with Crippen molar-refractivity contribution < 1.29 is 4.74 Å². The van der Waals surface area contributed by atoms with Gasteiger partial charge in [0.2, 0.25) is 5.60 Å². The first-order chi connectivity index (χ1) is 13.7. The SMILES string of the molecule is C=C=C(C)C1(c2ccccc2)Oc2ccccc2-c2nc3ccccc3nc21. The van der Waals surface area contributed by atoms with Gasteiger partial charge < -0.3 is 4.74 Å². The second-order valence-corrected chi connectivity index (χ2v) is 6.86. The van der Waals surface area contributed by atoms with Crippen LogP contribution in [-0.4, -0.2) is 9.97 Å². The molecule has 3 nitrogen and oxygen atoms in total. The van der Waals surface area contributed by atoms with Crippen LogP contribution < -0.4 is 4.74 Å². The van der Waals surface area contributed by atoms with Gasteiger partial charge in [-0.25, -0.2) is 9.97 Å². The van der Waals surface area contributed by atoms with E-state index in [9.17, 15) is 0 Å². The molecule has 0 saturated carbocycles. The van der Waals surface area contributed by atoms with E-state index in [-0.39, 0.29) is 0 Å². The van der Waals surface area contributed by atoms with Gasteiger partial charge in [-0.1, -0.05) is 61.2 Å². The largest absolute Gasteiger partial charge is 0.470 e. The average Bonchev–Trinajstić information content (AvgIpc) is 2.77. The van der Waals surface area contributed by atoms with Gasteiger partial charge in [0.05, 0.1) is 11.0 Å². The van der Waals surface area contributed by atoms with E-state index < -0.39 is 5.60 Å². The molecule has 0 fully saturated rings. The summed E-state index contributed by atoms with van der Waals surface area (Å²) in [5.74, 6) is 0.776. The molecular weight excluding hydrogens is 344 g/mol. The molecule has 28 heavy (non-hydrogen) atoms. The summed E-state index contributed by atoms with van der Waals surface area (Å²) in [4.78, 5) is 10.0. The van der Waals surface area contributed by atoms with Crippen LogP contribution in [0, 0.1) is 0 Å². The lowest BCUT2D eigenvalue weighted by molar-refractivity contribution is 0.142. The number of hydrogen-bond donors (Lipinski definition) is 0. The van der Waals surface area contributed by atoms with Gasteiger partial charge in [-0.3, -0.25) is 0 Å². The summed E-state index contributed by atoms with van der Waals surface area (Å²) in [6.07, 6.45) is 0. The van der Waals surface area contributed by atoms with Crippen LogP contribution >= 0.6 is 0 Å². The first-order valence-electron chi connectivity index (χ1n) is 9.22. The first-order valence-corrected chi connectivity index (χ1v) is 9.22. The molecule has 0 saturated heterocycles. The van der Waals surface area contributed by atoms with E-state index >= 15 is 0 Å². The van der Waals surface area contributed by atoms with Crippen molar-refractivity contribution in [3.05, 3.63) is 108 Å². The molecule has 0 bridgehead atoms. The Labute approximate surface area is 163 Å². The highest BCUT2D eigenvalue weighted by Crippen LogP contribution is 2.50. The van der Waals surface area contributed by atoms with Crippen molar-refractivity contribution in [3.8, 4) is 17.0 Å². The van der Waals surface area contributed by atoms with Crippen molar-refractivity contribution in [2.24, 2.45) is 0 Å². The lowest BCUT2D eigenvalue weighted by atomic mass is 9.80. The predicted octanol–water partition coefficient (Wildman–Crippen LogP) is 5.66. The topological polar surface area (TPSA) is 35.0 Å². The molecule has 5 rings (SSSR count). The number of fused-ring (bicyclic) bond motifs is 4. The van der Waals surface area contributed by atoms with E-state index in [1.165, 1.54) is 0 Å². The van der Waals surface area contributed by atoms with E-state index in [2.05, 4.69) is 24.4 Å². The molecule has 1 unspecified atom stereocenters. The van der Waals surface area contributed by atoms with Crippen LogP contribution in [0.4, 0.5) is 0 Å². The summed E-state index contributed by atoms with van der Waals surface area (Å²) in [7, 11) is 0. The molecule has 134 valence electrons. The molecule has 1 atom stereocenters. The van der Waals surface area contributed by atoms with Crippen LogP contribution in [0.15, 0.2) is 96.7 Å². The first kappa shape index (κ1) is 16.5. The van der Waals surface area contributed by atoms with Crippen molar-refractivity contribution >= 4 is 11.0 Å². The molecule has 2 heterocycles. The summed E-state index contributed by atoms with van der Waals surface area (Å²) in [6.45, 7) is 5.89. The van der Waals surface area contributed by atoms with Crippen LogP contribution in [0.1, 0.15) is 18.2 Å². The molecule has 1 aliphatic rings. The van der Waals surface area contributed by atoms with Gasteiger partial charge in [0.1, 0.15) is 17.1 Å².